The van der Waals surface area contributed by atoms with Crippen molar-refractivity contribution in [3.63, 3.8) is 0 Å². The van der Waals surface area contributed by atoms with Crippen LogP contribution in [0.1, 0.15) is 39.2 Å². The topological polar surface area (TPSA) is 92.3 Å². The van der Waals surface area contributed by atoms with Crippen molar-refractivity contribution in [2.24, 2.45) is 5.41 Å². The van der Waals surface area contributed by atoms with Gasteiger partial charge in [-0.1, -0.05) is 44.2 Å². The van der Waals surface area contributed by atoms with Gasteiger partial charge in [0.25, 0.3) is 0 Å². The zero-order valence-electron chi connectivity index (χ0n) is 15.9. The summed E-state index contributed by atoms with van der Waals surface area (Å²) in [5, 5.41) is 4.64. The second-order valence-corrected chi connectivity index (χ2v) is 8.76. The van der Waals surface area contributed by atoms with E-state index in [4.69, 9.17) is 0 Å². The lowest BCUT2D eigenvalue weighted by molar-refractivity contribution is -0.132. The van der Waals surface area contributed by atoms with Crippen molar-refractivity contribution in [1.82, 2.24) is 10.6 Å². The molecule has 0 heterocycles. The fraction of sp³-hybridized carbons (Fsp3) is 0.500. The number of benzene rings is 1. The summed E-state index contributed by atoms with van der Waals surface area (Å²) in [5.41, 5.74) is 0.634. The van der Waals surface area contributed by atoms with Gasteiger partial charge < -0.3 is 10.6 Å². The van der Waals surface area contributed by atoms with Crippen LogP contribution < -0.4 is 10.6 Å². The molecule has 0 radical (unpaired) electrons. The van der Waals surface area contributed by atoms with Crippen LogP contribution in [0.5, 0.6) is 0 Å². The number of rotatable bonds is 7. The number of thioether (sulfide) groups is 1. The second-order valence-electron chi connectivity index (χ2n) is 7.62. The van der Waals surface area contributed by atoms with E-state index in [0.29, 0.717) is 19.4 Å². The van der Waals surface area contributed by atoms with Gasteiger partial charge in [0.2, 0.25) is 11.8 Å². The molecule has 1 aliphatic rings. The first kappa shape index (κ1) is 21.2. The fourth-order valence-corrected chi connectivity index (χ4v) is 4.24. The average molecular weight is 391 g/mol. The molecule has 0 bridgehead atoms. The van der Waals surface area contributed by atoms with Crippen LogP contribution in [0.25, 0.3) is 0 Å². The first-order chi connectivity index (χ1) is 12.7. The van der Waals surface area contributed by atoms with Gasteiger partial charge in [-0.15, -0.1) is 11.8 Å². The van der Waals surface area contributed by atoms with E-state index in [-0.39, 0.29) is 34.5 Å². The van der Waals surface area contributed by atoms with Crippen LogP contribution in [-0.2, 0) is 25.7 Å². The molecule has 146 valence electrons. The summed E-state index contributed by atoms with van der Waals surface area (Å²) in [7, 11) is 0. The number of ketones is 2. The van der Waals surface area contributed by atoms with Gasteiger partial charge in [-0.2, -0.15) is 0 Å². The highest BCUT2D eigenvalue weighted by Crippen LogP contribution is 2.35. The Bertz CT molecular complexity index is 698. The minimum Gasteiger partial charge on any atom is -0.350 e. The standard InChI is InChI=1S/C20H26N2O4S/c1-13(23)22-15(19(26)21-11-14-7-5-4-6-8-14)12-27-18-16(24)9-20(2,3)10-17(18)25/h4-8,15,18H,9-12H2,1-3H3,(H,21,26)(H,22,23). The van der Waals surface area contributed by atoms with Gasteiger partial charge in [-0.3, -0.25) is 19.2 Å². The molecule has 6 nitrogen and oxygen atoms in total. The normalized spacial score (nSPS) is 18.0. The van der Waals surface area contributed by atoms with Crippen LogP contribution in [0.3, 0.4) is 0 Å². The third-order valence-electron chi connectivity index (χ3n) is 4.32. The highest BCUT2D eigenvalue weighted by molar-refractivity contribution is 8.01. The predicted molar refractivity (Wildman–Crippen MR) is 105 cm³/mol. The van der Waals surface area contributed by atoms with Crippen molar-refractivity contribution in [2.45, 2.75) is 51.4 Å². The molecule has 1 atom stereocenters. The summed E-state index contributed by atoms with van der Waals surface area (Å²) in [6, 6.07) is 8.63. The summed E-state index contributed by atoms with van der Waals surface area (Å²) >= 11 is 1.14. The van der Waals surface area contributed by atoms with Gasteiger partial charge in [0.1, 0.15) is 11.3 Å². The third kappa shape index (κ3) is 6.50. The quantitative estimate of drug-likeness (QED) is 0.694. The molecule has 27 heavy (non-hydrogen) atoms. The Hall–Kier alpha value is -2.15. The zero-order chi connectivity index (χ0) is 20.0. The largest absolute Gasteiger partial charge is 0.350 e. The highest BCUT2D eigenvalue weighted by Gasteiger charge is 2.40. The molecule has 1 aromatic carbocycles. The lowest BCUT2D eigenvalue weighted by Crippen LogP contribution is -2.48. The molecule has 0 saturated heterocycles. The Balaban J connectivity index is 1.95. The molecule has 2 N–H and O–H groups in total. The Kier molecular flexibility index (Phi) is 7.18. The molecule has 1 fully saturated rings. The molecule has 2 amide bonds. The summed E-state index contributed by atoms with van der Waals surface area (Å²) in [6.45, 7) is 5.49. The molecule has 1 saturated carbocycles. The monoisotopic (exact) mass is 390 g/mol. The Morgan fingerprint density at radius 2 is 1.74 bits per heavy atom. The molecule has 0 aromatic heterocycles. The molecule has 7 heteroatoms. The lowest BCUT2D eigenvalue weighted by Gasteiger charge is -2.32. The number of amides is 2. The highest BCUT2D eigenvalue weighted by atomic mass is 32.2. The molecule has 1 aliphatic carbocycles. The van der Waals surface area contributed by atoms with E-state index in [0.717, 1.165) is 17.3 Å². The molecule has 1 aromatic rings. The first-order valence-electron chi connectivity index (χ1n) is 8.94. The van der Waals surface area contributed by atoms with Gasteiger partial charge in [0, 0.05) is 32.1 Å². The van der Waals surface area contributed by atoms with Crippen molar-refractivity contribution in [3.05, 3.63) is 35.9 Å². The van der Waals surface area contributed by atoms with Crippen LogP contribution in [0, 0.1) is 5.41 Å². The van der Waals surface area contributed by atoms with Crippen LogP contribution in [0.15, 0.2) is 30.3 Å². The average Bonchev–Trinajstić information content (AvgIpc) is 2.57. The summed E-state index contributed by atoms with van der Waals surface area (Å²) in [6.07, 6.45) is 0.697. The number of carbonyl (C=O) groups excluding carboxylic acids is 4. The summed E-state index contributed by atoms with van der Waals surface area (Å²) in [4.78, 5) is 48.6. The minimum absolute atomic E-state index is 0.104. The first-order valence-corrected chi connectivity index (χ1v) is 9.98. The van der Waals surface area contributed by atoms with Gasteiger partial charge in [-0.05, 0) is 11.0 Å². The van der Waals surface area contributed by atoms with Crippen molar-refractivity contribution in [2.75, 3.05) is 5.75 Å². The van der Waals surface area contributed by atoms with Crippen LogP contribution >= 0.6 is 11.8 Å². The summed E-state index contributed by atoms with van der Waals surface area (Å²) in [5.74, 6) is -0.710. The Morgan fingerprint density at radius 1 is 1.15 bits per heavy atom. The number of nitrogens with one attached hydrogen (secondary N) is 2. The molecular weight excluding hydrogens is 364 g/mol. The SMILES string of the molecule is CC(=O)NC(CSC1C(=O)CC(C)(C)CC1=O)C(=O)NCc1ccccc1. The van der Waals surface area contributed by atoms with Gasteiger partial charge in [0.15, 0.2) is 11.6 Å². The maximum absolute atomic E-state index is 12.5. The summed E-state index contributed by atoms with van der Waals surface area (Å²) < 4.78 is 0. The van der Waals surface area contributed by atoms with E-state index in [1.54, 1.807) is 0 Å². The third-order valence-corrected chi connectivity index (χ3v) is 5.71. The molecule has 0 aliphatic heterocycles. The van der Waals surface area contributed by atoms with E-state index < -0.39 is 11.3 Å². The van der Waals surface area contributed by atoms with Gasteiger partial charge >= 0.3 is 0 Å². The Labute approximate surface area is 163 Å². The van der Waals surface area contributed by atoms with Crippen molar-refractivity contribution < 1.29 is 19.2 Å². The van der Waals surface area contributed by atoms with Crippen LogP contribution in [-0.4, -0.2) is 40.4 Å². The number of hydrogen-bond acceptors (Lipinski definition) is 5. The number of hydrogen-bond donors (Lipinski definition) is 2. The van der Waals surface area contributed by atoms with Crippen LogP contribution in [0.4, 0.5) is 0 Å². The minimum atomic E-state index is -0.799. The van der Waals surface area contributed by atoms with Gasteiger partial charge in [0.05, 0.1) is 0 Å². The van der Waals surface area contributed by atoms with Crippen molar-refractivity contribution in [1.29, 1.82) is 0 Å². The Morgan fingerprint density at radius 3 is 2.30 bits per heavy atom. The van der Waals surface area contributed by atoms with Crippen molar-refractivity contribution >= 4 is 35.1 Å². The fourth-order valence-electron chi connectivity index (χ4n) is 3.09. The maximum Gasteiger partial charge on any atom is 0.243 e. The predicted octanol–water partition coefficient (Wildman–Crippen LogP) is 1.87. The van der Waals surface area contributed by atoms with E-state index in [1.165, 1.54) is 6.92 Å². The second kappa shape index (κ2) is 9.17. The molecule has 2 rings (SSSR count). The molecular formula is C20H26N2O4S. The van der Waals surface area contributed by atoms with E-state index in [1.807, 2.05) is 44.2 Å². The van der Waals surface area contributed by atoms with E-state index in [2.05, 4.69) is 10.6 Å². The van der Waals surface area contributed by atoms with Gasteiger partial charge in [-0.25, -0.2) is 0 Å². The van der Waals surface area contributed by atoms with Crippen molar-refractivity contribution in [3.8, 4) is 0 Å². The van der Waals surface area contributed by atoms with E-state index >= 15 is 0 Å². The molecule has 1 unspecified atom stereocenters. The number of Topliss-reactive ketones (excluding diaryl/α,β-unsaturated/α-hetero) is 2. The maximum atomic E-state index is 12.5. The number of carbonyl (C=O) groups is 4. The smallest absolute Gasteiger partial charge is 0.243 e. The lowest BCUT2D eigenvalue weighted by atomic mass is 9.76. The van der Waals surface area contributed by atoms with Crippen LogP contribution in [0.2, 0.25) is 0 Å². The molecule has 0 spiro atoms. The zero-order valence-corrected chi connectivity index (χ0v) is 16.7. The van der Waals surface area contributed by atoms with E-state index in [9.17, 15) is 19.2 Å².